The zero-order valence-electron chi connectivity index (χ0n) is 15.6. The van der Waals surface area contributed by atoms with Crippen LogP contribution < -0.4 is 10.2 Å². The molecule has 1 saturated heterocycles. The van der Waals surface area contributed by atoms with Gasteiger partial charge in [0.25, 0.3) is 5.91 Å². The van der Waals surface area contributed by atoms with E-state index in [4.69, 9.17) is 0 Å². The molecule has 1 atom stereocenters. The third-order valence-electron chi connectivity index (χ3n) is 4.55. The Balaban J connectivity index is 1.56. The van der Waals surface area contributed by atoms with Crippen molar-refractivity contribution in [3.63, 3.8) is 0 Å². The van der Waals surface area contributed by atoms with Crippen molar-refractivity contribution < 1.29 is 9.59 Å². The number of benzene rings is 2. The van der Waals surface area contributed by atoms with E-state index in [2.05, 4.69) is 23.5 Å². The minimum absolute atomic E-state index is 0.0595. The van der Waals surface area contributed by atoms with Crippen molar-refractivity contribution >= 4 is 46.3 Å². The highest BCUT2D eigenvalue weighted by Crippen LogP contribution is 2.42. The van der Waals surface area contributed by atoms with Gasteiger partial charge in [0.15, 0.2) is 0 Å². The lowest BCUT2D eigenvalue weighted by molar-refractivity contribution is -0.115. The van der Waals surface area contributed by atoms with Crippen molar-refractivity contribution in [2.45, 2.75) is 19.2 Å². The maximum Gasteiger partial charge on any atom is 0.265 e. The number of aryl methyl sites for hydroxylation is 2. The molecule has 1 aliphatic heterocycles. The molecule has 142 valence electrons. The van der Waals surface area contributed by atoms with Crippen LogP contribution in [0.3, 0.4) is 0 Å². The quantitative estimate of drug-likeness (QED) is 0.629. The van der Waals surface area contributed by atoms with Crippen molar-refractivity contribution in [1.29, 1.82) is 0 Å². The molecule has 1 fully saturated rings. The Hall–Kier alpha value is -2.57. The highest BCUT2D eigenvalue weighted by Gasteiger charge is 2.34. The minimum atomic E-state index is -0.106. The molecule has 6 heteroatoms. The van der Waals surface area contributed by atoms with E-state index in [1.54, 1.807) is 17.8 Å². The Morgan fingerprint density at radius 1 is 1.07 bits per heavy atom. The number of thioether (sulfide) groups is 1. The molecule has 4 nitrogen and oxygen atoms in total. The van der Waals surface area contributed by atoms with E-state index in [1.165, 1.54) is 11.3 Å². The average molecular weight is 409 g/mol. The van der Waals surface area contributed by atoms with E-state index in [0.29, 0.717) is 10.6 Å². The van der Waals surface area contributed by atoms with Gasteiger partial charge in [-0.3, -0.25) is 14.5 Å². The van der Waals surface area contributed by atoms with Crippen molar-refractivity contribution in [1.82, 2.24) is 0 Å². The van der Waals surface area contributed by atoms with Crippen molar-refractivity contribution in [3.8, 4) is 0 Å². The summed E-state index contributed by atoms with van der Waals surface area (Å²) in [4.78, 5) is 27.3. The van der Waals surface area contributed by atoms with Gasteiger partial charge in [0.2, 0.25) is 5.91 Å². The standard InChI is InChI=1S/C22H20N2O2S2/c1-14-10-15(2)12-18(11-14)24-20(25)13-28-22(24)16-5-7-17(8-6-16)23-21(26)19-4-3-9-27-19/h3-12,22H,13H2,1-2H3,(H,23,26)/t22-/m1/s1. The molecule has 2 heterocycles. The van der Waals surface area contributed by atoms with E-state index in [0.717, 1.165) is 28.1 Å². The third kappa shape index (κ3) is 3.84. The number of anilines is 2. The van der Waals surface area contributed by atoms with Gasteiger partial charge in [-0.15, -0.1) is 23.1 Å². The molecule has 3 aromatic rings. The molecule has 1 N–H and O–H groups in total. The second-order valence-electron chi connectivity index (χ2n) is 6.83. The van der Waals surface area contributed by atoms with Crippen LogP contribution in [0, 0.1) is 13.8 Å². The fraction of sp³-hybridized carbons (Fsp3) is 0.182. The monoisotopic (exact) mass is 408 g/mol. The van der Waals surface area contributed by atoms with Gasteiger partial charge < -0.3 is 5.32 Å². The second kappa shape index (κ2) is 7.81. The van der Waals surface area contributed by atoms with Gasteiger partial charge in [0.05, 0.1) is 10.6 Å². The summed E-state index contributed by atoms with van der Waals surface area (Å²) in [5.74, 6) is 0.481. The van der Waals surface area contributed by atoms with Crippen LogP contribution in [0.4, 0.5) is 11.4 Å². The Kier molecular flexibility index (Phi) is 5.24. The maximum absolute atomic E-state index is 12.6. The number of hydrogen-bond donors (Lipinski definition) is 1. The molecule has 0 unspecified atom stereocenters. The summed E-state index contributed by atoms with van der Waals surface area (Å²) in [6.07, 6.45) is 0. The summed E-state index contributed by atoms with van der Waals surface area (Å²) >= 11 is 3.04. The Bertz CT molecular complexity index is 993. The molecular weight excluding hydrogens is 388 g/mol. The molecule has 0 spiro atoms. The predicted octanol–water partition coefficient (Wildman–Crippen LogP) is 5.40. The molecular formula is C22H20N2O2S2. The van der Waals surface area contributed by atoms with Crippen LogP contribution in [-0.2, 0) is 4.79 Å². The fourth-order valence-corrected chi connectivity index (χ4v) is 5.17. The van der Waals surface area contributed by atoms with Gasteiger partial charge in [-0.1, -0.05) is 24.3 Å². The molecule has 0 radical (unpaired) electrons. The summed E-state index contributed by atoms with van der Waals surface area (Å²) in [6.45, 7) is 4.09. The smallest absolute Gasteiger partial charge is 0.265 e. The van der Waals surface area contributed by atoms with E-state index >= 15 is 0 Å². The summed E-state index contributed by atoms with van der Waals surface area (Å²) in [7, 11) is 0. The number of amides is 2. The van der Waals surface area contributed by atoms with Crippen LogP contribution >= 0.6 is 23.1 Å². The number of nitrogens with zero attached hydrogens (tertiary/aromatic N) is 1. The molecule has 1 aromatic heterocycles. The third-order valence-corrected chi connectivity index (χ3v) is 6.63. The first-order valence-electron chi connectivity index (χ1n) is 8.98. The lowest BCUT2D eigenvalue weighted by Gasteiger charge is -2.25. The van der Waals surface area contributed by atoms with Crippen molar-refractivity contribution in [2.24, 2.45) is 0 Å². The highest BCUT2D eigenvalue weighted by molar-refractivity contribution is 8.00. The van der Waals surface area contributed by atoms with E-state index in [9.17, 15) is 9.59 Å². The van der Waals surface area contributed by atoms with Gasteiger partial charge in [0.1, 0.15) is 5.37 Å². The first-order valence-corrected chi connectivity index (χ1v) is 10.9. The van der Waals surface area contributed by atoms with Gasteiger partial charge in [-0.2, -0.15) is 0 Å². The van der Waals surface area contributed by atoms with Crippen LogP contribution in [0.25, 0.3) is 0 Å². The van der Waals surface area contributed by atoms with E-state index in [1.807, 2.05) is 54.5 Å². The lowest BCUT2D eigenvalue weighted by Crippen LogP contribution is -2.28. The van der Waals surface area contributed by atoms with Gasteiger partial charge in [0, 0.05) is 11.4 Å². The van der Waals surface area contributed by atoms with Crippen LogP contribution in [0.1, 0.15) is 31.7 Å². The van der Waals surface area contributed by atoms with Gasteiger partial charge in [-0.25, -0.2) is 0 Å². The largest absolute Gasteiger partial charge is 0.321 e. The minimum Gasteiger partial charge on any atom is -0.321 e. The highest BCUT2D eigenvalue weighted by atomic mass is 32.2. The number of hydrogen-bond acceptors (Lipinski definition) is 4. The number of thiophene rings is 1. The van der Waals surface area contributed by atoms with E-state index in [-0.39, 0.29) is 17.2 Å². The zero-order valence-corrected chi connectivity index (χ0v) is 17.3. The van der Waals surface area contributed by atoms with Crippen molar-refractivity contribution in [3.05, 3.63) is 81.5 Å². The molecule has 2 aromatic carbocycles. The molecule has 0 saturated carbocycles. The number of nitrogens with one attached hydrogen (secondary N) is 1. The molecule has 0 aliphatic carbocycles. The normalized spacial score (nSPS) is 16.4. The number of carbonyl (C=O) groups is 2. The SMILES string of the molecule is Cc1cc(C)cc(N2C(=O)CS[C@@H]2c2ccc(NC(=O)c3cccs3)cc2)c1. The second-order valence-corrected chi connectivity index (χ2v) is 8.84. The zero-order chi connectivity index (χ0) is 19.7. The maximum atomic E-state index is 12.6. The molecule has 28 heavy (non-hydrogen) atoms. The fourth-order valence-electron chi connectivity index (χ4n) is 3.37. The molecule has 4 rings (SSSR count). The summed E-state index contributed by atoms with van der Waals surface area (Å²) < 4.78 is 0. The van der Waals surface area contributed by atoms with Gasteiger partial charge in [-0.05, 0) is 66.2 Å². The Morgan fingerprint density at radius 2 is 1.79 bits per heavy atom. The van der Waals surface area contributed by atoms with Crippen LogP contribution in [0.15, 0.2) is 60.0 Å². The van der Waals surface area contributed by atoms with Crippen LogP contribution in [0.5, 0.6) is 0 Å². The first kappa shape index (κ1) is 18.8. The molecule has 2 amide bonds. The van der Waals surface area contributed by atoms with Gasteiger partial charge >= 0.3 is 0 Å². The summed E-state index contributed by atoms with van der Waals surface area (Å²) in [6, 6.07) is 17.6. The Labute approximate surface area is 172 Å². The molecule has 0 bridgehead atoms. The average Bonchev–Trinajstić information content (AvgIpc) is 3.31. The Morgan fingerprint density at radius 3 is 2.43 bits per heavy atom. The topological polar surface area (TPSA) is 49.4 Å². The number of carbonyl (C=O) groups excluding carboxylic acids is 2. The summed E-state index contributed by atoms with van der Waals surface area (Å²) in [5, 5.41) is 4.74. The first-order chi connectivity index (χ1) is 13.5. The van der Waals surface area contributed by atoms with Crippen LogP contribution in [-0.4, -0.2) is 17.6 Å². The van der Waals surface area contributed by atoms with Crippen molar-refractivity contribution in [2.75, 3.05) is 16.0 Å². The summed E-state index contributed by atoms with van der Waals surface area (Å²) in [5.41, 5.74) is 5.02. The lowest BCUT2D eigenvalue weighted by atomic mass is 10.1. The van der Waals surface area contributed by atoms with Crippen LogP contribution in [0.2, 0.25) is 0 Å². The number of rotatable bonds is 4. The predicted molar refractivity (Wildman–Crippen MR) is 117 cm³/mol. The molecule has 1 aliphatic rings. The van der Waals surface area contributed by atoms with E-state index < -0.39 is 0 Å².